The third-order valence-corrected chi connectivity index (χ3v) is 3.59. The third-order valence-electron chi connectivity index (χ3n) is 3.59. The van der Waals surface area contributed by atoms with E-state index in [9.17, 15) is 24.0 Å². The molecule has 142 valence electrons. The summed E-state index contributed by atoms with van der Waals surface area (Å²) >= 11 is 0. The van der Waals surface area contributed by atoms with Crippen LogP contribution in [0.1, 0.15) is 33.1 Å². The van der Waals surface area contributed by atoms with Gasteiger partial charge < -0.3 is 32.3 Å². The lowest BCUT2D eigenvalue weighted by Crippen LogP contribution is -2.56. The molecule has 0 spiro atoms. The summed E-state index contributed by atoms with van der Waals surface area (Å²) in [6.45, 7) is 3.54. The van der Waals surface area contributed by atoms with Gasteiger partial charge in [-0.15, -0.1) is 0 Å². The van der Waals surface area contributed by atoms with Gasteiger partial charge in [0.15, 0.2) is 0 Å². The van der Waals surface area contributed by atoms with Crippen molar-refractivity contribution in [2.24, 2.45) is 17.4 Å². The zero-order valence-electron chi connectivity index (χ0n) is 14.0. The van der Waals surface area contributed by atoms with E-state index in [0.29, 0.717) is 6.42 Å². The molecule has 0 aromatic rings. The molecular weight excluding hydrogens is 336 g/mol. The molecule has 0 saturated heterocycles. The van der Waals surface area contributed by atoms with Gasteiger partial charge in [0.05, 0.1) is 18.9 Å². The van der Waals surface area contributed by atoms with Crippen LogP contribution in [0.5, 0.6) is 0 Å². The van der Waals surface area contributed by atoms with Crippen LogP contribution in [0, 0.1) is 5.92 Å². The van der Waals surface area contributed by atoms with E-state index in [1.54, 1.807) is 6.92 Å². The highest BCUT2D eigenvalue weighted by Gasteiger charge is 2.31. The Hall–Kier alpha value is -2.69. The molecule has 0 aliphatic rings. The first-order valence-corrected chi connectivity index (χ1v) is 7.58. The van der Waals surface area contributed by atoms with Crippen LogP contribution in [-0.2, 0) is 24.0 Å². The number of primary amides is 1. The van der Waals surface area contributed by atoms with Gasteiger partial charge in [0.25, 0.3) is 0 Å². The smallest absolute Gasteiger partial charge is 0.326 e. The third kappa shape index (κ3) is 8.11. The van der Waals surface area contributed by atoms with Crippen molar-refractivity contribution >= 4 is 29.7 Å². The van der Waals surface area contributed by atoms with Gasteiger partial charge in [0, 0.05) is 0 Å². The number of nitrogens with one attached hydrogen (secondary N) is 2. The van der Waals surface area contributed by atoms with E-state index in [2.05, 4.69) is 5.32 Å². The second kappa shape index (κ2) is 10.2. The molecule has 0 fully saturated rings. The molecule has 25 heavy (non-hydrogen) atoms. The Labute approximate surface area is 144 Å². The number of nitrogens with two attached hydrogens (primary N) is 2. The molecule has 11 nitrogen and oxygen atoms in total. The van der Waals surface area contributed by atoms with Crippen molar-refractivity contribution in [2.45, 2.75) is 51.2 Å². The van der Waals surface area contributed by atoms with E-state index in [4.69, 9.17) is 21.7 Å². The molecule has 0 aromatic heterocycles. The number of hydrogen-bond donors (Lipinski definition) is 6. The van der Waals surface area contributed by atoms with E-state index in [1.807, 2.05) is 12.2 Å². The van der Waals surface area contributed by atoms with Gasteiger partial charge in [0.1, 0.15) is 12.1 Å². The van der Waals surface area contributed by atoms with Gasteiger partial charge in [0.2, 0.25) is 17.7 Å². The molecule has 0 heterocycles. The summed E-state index contributed by atoms with van der Waals surface area (Å²) < 4.78 is 0. The second-order valence-corrected chi connectivity index (χ2v) is 5.64. The number of carbonyl (C=O) groups excluding carboxylic acids is 3. The Morgan fingerprint density at radius 2 is 1.48 bits per heavy atom. The fourth-order valence-corrected chi connectivity index (χ4v) is 1.84. The van der Waals surface area contributed by atoms with Crippen molar-refractivity contribution in [3.05, 3.63) is 0 Å². The lowest BCUT2D eigenvalue weighted by Gasteiger charge is -2.23. The number of amides is 3. The molecule has 4 atom stereocenters. The van der Waals surface area contributed by atoms with Gasteiger partial charge in [-0.1, -0.05) is 20.3 Å². The number of carbonyl (C=O) groups is 5. The van der Waals surface area contributed by atoms with Crippen molar-refractivity contribution in [3.63, 3.8) is 0 Å². The normalized spacial score (nSPS) is 15.3. The van der Waals surface area contributed by atoms with Crippen LogP contribution >= 0.6 is 0 Å². The number of hydrogen-bond acceptors (Lipinski definition) is 6. The Morgan fingerprint density at radius 3 is 1.88 bits per heavy atom. The van der Waals surface area contributed by atoms with Gasteiger partial charge >= 0.3 is 11.9 Å². The minimum absolute atomic E-state index is 0.198. The first kappa shape index (κ1) is 22.3. The highest BCUT2D eigenvalue weighted by Crippen LogP contribution is 2.06. The summed E-state index contributed by atoms with van der Waals surface area (Å²) in [6, 6.07) is -4.13. The molecule has 0 saturated carbocycles. The van der Waals surface area contributed by atoms with E-state index < -0.39 is 60.6 Å². The van der Waals surface area contributed by atoms with Gasteiger partial charge in [-0.3, -0.25) is 19.2 Å². The van der Waals surface area contributed by atoms with Crippen LogP contribution in [0.15, 0.2) is 0 Å². The summed E-state index contributed by atoms with van der Waals surface area (Å²) in [5.74, 6) is -5.88. The van der Waals surface area contributed by atoms with Crippen molar-refractivity contribution < 1.29 is 34.2 Å². The van der Waals surface area contributed by atoms with Crippen molar-refractivity contribution in [3.8, 4) is 0 Å². The average Bonchev–Trinajstić information content (AvgIpc) is 2.50. The quantitative estimate of drug-likeness (QED) is 0.237. The van der Waals surface area contributed by atoms with Gasteiger partial charge in [-0.25, -0.2) is 4.79 Å². The Bertz CT molecular complexity index is 537. The first-order valence-electron chi connectivity index (χ1n) is 7.58. The molecule has 0 rings (SSSR count). The summed E-state index contributed by atoms with van der Waals surface area (Å²) in [7, 11) is 0. The number of carboxylic acids is 2. The molecule has 8 N–H and O–H groups in total. The first-order chi connectivity index (χ1) is 11.5. The van der Waals surface area contributed by atoms with Crippen LogP contribution in [0.4, 0.5) is 0 Å². The minimum atomic E-state index is -1.72. The van der Waals surface area contributed by atoms with Crippen molar-refractivity contribution in [2.75, 3.05) is 0 Å². The minimum Gasteiger partial charge on any atom is -0.481 e. The predicted molar refractivity (Wildman–Crippen MR) is 85.0 cm³/mol. The fourth-order valence-electron chi connectivity index (χ4n) is 1.84. The topological polar surface area (TPSA) is 202 Å². The molecule has 0 bridgehead atoms. The van der Waals surface area contributed by atoms with Gasteiger partial charge in [-0.05, 0) is 5.92 Å². The maximum atomic E-state index is 12.1. The van der Waals surface area contributed by atoms with Crippen LogP contribution in [0.3, 0.4) is 0 Å². The molecule has 4 unspecified atom stereocenters. The molecule has 0 aromatic carbocycles. The molecule has 0 aliphatic heterocycles. The van der Waals surface area contributed by atoms with Crippen molar-refractivity contribution in [1.82, 2.24) is 10.6 Å². The monoisotopic (exact) mass is 360 g/mol. The Balaban J connectivity index is 5.14. The number of aliphatic carboxylic acids is 2. The summed E-state index contributed by atoms with van der Waals surface area (Å²) in [6.07, 6.45) is -0.865. The summed E-state index contributed by atoms with van der Waals surface area (Å²) in [4.78, 5) is 56.9. The highest BCUT2D eigenvalue weighted by molar-refractivity contribution is 5.95. The predicted octanol–water partition coefficient (Wildman–Crippen LogP) is -2.24. The zero-order chi connectivity index (χ0) is 19.7. The SMILES string of the molecule is CCC(C)C(N)C(=O)NC(CC(N)=O)C(=O)NC(CC(=O)O)C(=O)O. The summed E-state index contributed by atoms with van der Waals surface area (Å²) in [5, 5.41) is 21.8. The van der Waals surface area contributed by atoms with Crippen LogP contribution in [0.25, 0.3) is 0 Å². The highest BCUT2D eigenvalue weighted by atomic mass is 16.4. The molecule has 3 amide bonds. The largest absolute Gasteiger partial charge is 0.481 e. The lowest BCUT2D eigenvalue weighted by atomic mass is 9.99. The zero-order valence-corrected chi connectivity index (χ0v) is 14.0. The maximum Gasteiger partial charge on any atom is 0.326 e. The molecule has 0 radical (unpaired) electrons. The standard InChI is InChI=1S/C14H24N4O7/c1-3-6(2)11(16)13(23)17-7(4-9(15)19)12(22)18-8(14(24)25)5-10(20)21/h6-8,11H,3-5,16H2,1-2H3,(H2,15,19)(H,17,23)(H,18,22)(H,20,21)(H,24,25). The van der Waals surface area contributed by atoms with Crippen LogP contribution in [0.2, 0.25) is 0 Å². The molecule has 0 aliphatic carbocycles. The van der Waals surface area contributed by atoms with E-state index >= 15 is 0 Å². The van der Waals surface area contributed by atoms with Crippen LogP contribution < -0.4 is 22.1 Å². The lowest BCUT2D eigenvalue weighted by molar-refractivity contribution is -0.147. The summed E-state index contributed by atoms with van der Waals surface area (Å²) in [5.41, 5.74) is 10.8. The molecule has 11 heteroatoms. The maximum absolute atomic E-state index is 12.1. The van der Waals surface area contributed by atoms with E-state index in [1.165, 1.54) is 0 Å². The van der Waals surface area contributed by atoms with Crippen molar-refractivity contribution in [1.29, 1.82) is 0 Å². The van der Waals surface area contributed by atoms with E-state index in [-0.39, 0.29) is 5.92 Å². The number of carboxylic acid groups (broad SMARTS) is 2. The fraction of sp³-hybridized carbons (Fsp3) is 0.643. The number of rotatable bonds is 11. The Kier molecular flexibility index (Phi) is 9.13. The molecular formula is C14H24N4O7. The van der Waals surface area contributed by atoms with E-state index in [0.717, 1.165) is 0 Å². The second-order valence-electron chi connectivity index (χ2n) is 5.64. The average molecular weight is 360 g/mol. The Morgan fingerprint density at radius 1 is 0.960 bits per heavy atom. The van der Waals surface area contributed by atoms with Gasteiger partial charge in [-0.2, -0.15) is 0 Å². The van der Waals surface area contributed by atoms with Crippen LogP contribution in [-0.4, -0.2) is 58.0 Å².